The molecule has 11 nitrogen and oxygen atoms in total. The summed E-state index contributed by atoms with van der Waals surface area (Å²) >= 11 is 1.04. The molecule has 15 heteroatoms. The number of rotatable bonds is 7. The number of benzene rings is 2. The summed E-state index contributed by atoms with van der Waals surface area (Å²) in [6.45, 7) is 0.625. The second-order valence-corrected chi connectivity index (χ2v) is 10.4. The summed E-state index contributed by atoms with van der Waals surface area (Å²) in [6.07, 6.45) is -4.35. The van der Waals surface area contributed by atoms with Gasteiger partial charge in [0, 0.05) is 19.7 Å². The average molecular weight is 567 g/mol. The standard InChI is InChI=1S/C24H25F3N6O5S/c1-32-17-7-4-12(21(36)37)9-16(17)30-23(32,19(20(28)35)33-8-2-3-13(34)11-33)31-22-29-15-6-5-14(10-18(15)39-22)38-24(25,26)27/h4-7,9-10,13,19,30,34H,2-3,8,11H2,1H3,(H2,28,35)(H,29,31)(H,36,37). The van der Waals surface area contributed by atoms with Crippen molar-refractivity contribution in [3.63, 3.8) is 0 Å². The van der Waals surface area contributed by atoms with E-state index in [4.69, 9.17) is 5.73 Å². The highest BCUT2D eigenvalue weighted by Crippen LogP contribution is 2.44. The van der Waals surface area contributed by atoms with Crippen LogP contribution in [0.15, 0.2) is 36.4 Å². The molecule has 0 radical (unpaired) electrons. The number of carboxylic acids is 1. The molecule has 1 amide bonds. The molecule has 1 saturated heterocycles. The van der Waals surface area contributed by atoms with Crippen LogP contribution >= 0.6 is 11.3 Å². The van der Waals surface area contributed by atoms with Crippen LogP contribution in [0.25, 0.3) is 10.2 Å². The van der Waals surface area contributed by atoms with Crippen LogP contribution in [0.4, 0.5) is 29.7 Å². The van der Waals surface area contributed by atoms with E-state index in [1.807, 2.05) is 0 Å². The van der Waals surface area contributed by atoms with Gasteiger partial charge in [-0.3, -0.25) is 9.69 Å². The SMILES string of the molecule is CN1c2ccc(C(=O)O)cc2NC1(Nc1nc2ccc(OC(F)(F)F)cc2s1)C(C(N)=O)N1CCCC(O)C1. The number of aromatic nitrogens is 1. The Bertz CT molecular complexity index is 1430. The Morgan fingerprint density at radius 2 is 2.08 bits per heavy atom. The van der Waals surface area contributed by atoms with Crippen molar-refractivity contribution in [2.24, 2.45) is 5.73 Å². The molecule has 39 heavy (non-hydrogen) atoms. The Kier molecular flexibility index (Phi) is 6.68. The molecule has 5 rings (SSSR count). The second kappa shape index (κ2) is 9.73. The number of ether oxygens (including phenoxy) is 1. The van der Waals surface area contributed by atoms with E-state index in [1.165, 1.54) is 24.3 Å². The van der Waals surface area contributed by atoms with Gasteiger partial charge in [-0.05, 0) is 49.7 Å². The predicted octanol–water partition coefficient (Wildman–Crippen LogP) is 2.83. The molecule has 1 fully saturated rings. The normalized spacial score (nSPS) is 22.3. The van der Waals surface area contributed by atoms with E-state index in [0.29, 0.717) is 41.0 Å². The van der Waals surface area contributed by atoms with Gasteiger partial charge in [0.2, 0.25) is 11.7 Å². The summed E-state index contributed by atoms with van der Waals surface area (Å²) in [4.78, 5) is 32.6. The highest BCUT2D eigenvalue weighted by atomic mass is 32.1. The zero-order valence-electron chi connectivity index (χ0n) is 20.5. The summed E-state index contributed by atoms with van der Waals surface area (Å²) < 4.78 is 42.6. The van der Waals surface area contributed by atoms with Crippen molar-refractivity contribution in [3.8, 4) is 5.75 Å². The van der Waals surface area contributed by atoms with Crippen LogP contribution in [0.5, 0.6) is 5.75 Å². The number of anilines is 3. The van der Waals surface area contributed by atoms with Crippen LogP contribution in [-0.2, 0) is 4.79 Å². The largest absolute Gasteiger partial charge is 0.573 e. The first kappa shape index (κ1) is 26.8. The molecule has 1 aromatic heterocycles. The summed E-state index contributed by atoms with van der Waals surface area (Å²) in [6, 6.07) is 7.12. The summed E-state index contributed by atoms with van der Waals surface area (Å²) in [5.41, 5.74) is 7.35. The van der Waals surface area contributed by atoms with Gasteiger partial charge in [0.15, 0.2) is 11.2 Å². The number of aliphatic hydroxyl groups is 1. The van der Waals surface area contributed by atoms with Gasteiger partial charge in [0.05, 0.1) is 33.3 Å². The lowest BCUT2D eigenvalue weighted by Gasteiger charge is -2.48. The number of aliphatic hydroxyl groups excluding tert-OH is 1. The van der Waals surface area contributed by atoms with Gasteiger partial charge >= 0.3 is 12.3 Å². The number of primary amides is 1. The zero-order valence-corrected chi connectivity index (χ0v) is 21.3. The minimum absolute atomic E-state index is 0.0200. The first-order valence-corrected chi connectivity index (χ1v) is 12.7. The number of β-amino-alcohol motifs (C(OH)–C–C–N with tert-alkyl or cyclic N) is 1. The summed E-state index contributed by atoms with van der Waals surface area (Å²) in [5.74, 6) is -3.76. The van der Waals surface area contributed by atoms with E-state index in [2.05, 4.69) is 20.4 Å². The van der Waals surface area contributed by atoms with Gasteiger partial charge < -0.3 is 36.2 Å². The van der Waals surface area contributed by atoms with E-state index in [1.54, 1.807) is 22.9 Å². The van der Waals surface area contributed by atoms with Crippen LogP contribution in [0.2, 0.25) is 0 Å². The molecular weight excluding hydrogens is 541 g/mol. The molecule has 0 bridgehead atoms. The van der Waals surface area contributed by atoms with Crippen LogP contribution in [0, 0.1) is 0 Å². The molecule has 2 aliphatic heterocycles. The minimum atomic E-state index is -4.85. The van der Waals surface area contributed by atoms with E-state index in [-0.39, 0.29) is 17.2 Å². The highest BCUT2D eigenvalue weighted by Gasteiger charge is 2.54. The maximum Gasteiger partial charge on any atom is 0.573 e. The van der Waals surface area contributed by atoms with E-state index in [0.717, 1.165) is 17.4 Å². The number of carboxylic acid groups (broad SMARTS) is 1. The number of piperidine rings is 1. The Hall–Kier alpha value is -3.82. The third-order valence-corrected chi connectivity index (χ3v) is 7.74. The predicted molar refractivity (Wildman–Crippen MR) is 138 cm³/mol. The quantitative estimate of drug-likeness (QED) is 0.289. The molecule has 0 saturated carbocycles. The Balaban J connectivity index is 1.58. The van der Waals surface area contributed by atoms with Gasteiger partial charge in [0.25, 0.3) is 0 Å². The number of nitrogens with zero attached hydrogens (tertiary/aromatic N) is 3. The number of fused-ring (bicyclic) bond motifs is 2. The van der Waals surface area contributed by atoms with Crippen molar-refractivity contribution in [2.45, 2.75) is 37.1 Å². The number of thiazole rings is 1. The Morgan fingerprint density at radius 1 is 1.31 bits per heavy atom. The number of hydrogen-bond donors (Lipinski definition) is 5. The molecule has 3 unspecified atom stereocenters. The number of likely N-dealkylation sites (N-methyl/N-ethyl adjacent to an activating group) is 1. The molecular formula is C24H25F3N6O5S. The lowest BCUT2D eigenvalue weighted by Crippen LogP contribution is -2.72. The Labute approximate surface area is 224 Å². The second-order valence-electron chi connectivity index (χ2n) is 9.40. The van der Waals surface area contributed by atoms with Crippen LogP contribution in [0.3, 0.4) is 0 Å². The molecule has 2 aromatic carbocycles. The van der Waals surface area contributed by atoms with Crippen LogP contribution in [-0.4, -0.2) is 76.4 Å². The number of alkyl halides is 3. The van der Waals surface area contributed by atoms with Crippen molar-refractivity contribution >= 4 is 49.9 Å². The number of hydrogen-bond acceptors (Lipinski definition) is 10. The van der Waals surface area contributed by atoms with Crippen molar-refractivity contribution in [1.82, 2.24) is 9.88 Å². The fourth-order valence-electron chi connectivity index (χ4n) is 5.16. The number of aromatic carboxylic acids is 1. The van der Waals surface area contributed by atoms with Gasteiger partial charge in [-0.25, -0.2) is 9.78 Å². The molecule has 0 spiro atoms. The number of halogens is 3. The first-order valence-electron chi connectivity index (χ1n) is 11.9. The monoisotopic (exact) mass is 566 g/mol. The lowest BCUT2D eigenvalue weighted by atomic mass is 10.00. The zero-order chi connectivity index (χ0) is 28.1. The Morgan fingerprint density at radius 3 is 2.74 bits per heavy atom. The number of amides is 1. The topological polar surface area (TPSA) is 153 Å². The van der Waals surface area contributed by atoms with Crippen molar-refractivity contribution < 1.29 is 37.7 Å². The van der Waals surface area contributed by atoms with Gasteiger partial charge in [-0.15, -0.1) is 13.2 Å². The average Bonchev–Trinajstić information content (AvgIpc) is 3.35. The summed E-state index contributed by atoms with van der Waals surface area (Å²) in [5, 5.41) is 26.6. The third-order valence-electron chi connectivity index (χ3n) is 6.81. The van der Waals surface area contributed by atoms with Crippen molar-refractivity contribution in [3.05, 3.63) is 42.0 Å². The molecule has 208 valence electrons. The molecule has 0 aliphatic carbocycles. The van der Waals surface area contributed by atoms with E-state index < -0.39 is 41.9 Å². The van der Waals surface area contributed by atoms with Crippen molar-refractivity contribution in [1.29, 1.82) is 0 Å². The molecule has 3 heterocycles. The van der Waals surface area contributed by atoms with Gasteiger partial charge in [-0.2, -0.15) is 0 Å². The lowest BCUT2D eigenvalue weighted by molar-refractivity contribution is -0.274. The van der Waals surface area contributed by atoms with Gasteiger partial charge in [-0.1, -0.05) is 11.3 Å². The fraction of sp³-hybridized carbons (Fsp3) is 0.375. The maximum atomic E-state index is 13.1. The molecule has 3 atom stereocenters. The van der Waals surface area contributed by atoms with Crippen LogP contribution < -0.4 is 26.0 Å². The fourth-order valence-corrected chi connectivity index (χ4v) is 6.11. The highest BCUT2D eigenvalue weighted by molar-refractivity contribution is 7.22. The molecule has 2 aliphatic rings. The maximum absolute atomic E-state index is 13.1. The third kappa shape index (κ3) is 5.12. The summed E-state index contributed by atoms with van der Waals surface area (Å²) in [7, 11) is 1.69. The molecule has 6 N–H and O–H groups in total. The number of carbonyl (C=O) groups is 2. The number of carbonyl (C=O) groups excluding carboxylic acids is 1. The van der Waals surface area contributed by atoms with E-state index >= 15 is 0 Å². The van der Waals surface area contributed by atoms with E-state index in [9.17, 15) is 33.0 Å². The minimum Gasteiger partial charge on any atom is -0.478 e. The smallest absolute Gasteiger partial charge is 0.478 e. The van der Waals surface area contributed by atoms with Gasteiger partial charge in [0.1, 0.15) is 5.75 Å². The molecule has 3 aromatic rings. The number of nitrogens with two attached hydrogens (primary N) is 1. The number of nitrogens with one attached hydrogen (secondary N) is 2. The number of likely N-dealkylation sites (tertiary alicyclic amines) is 1. The van der Waals surface area contributed by atoms with Crippen LogP contribution in [0.1, 0.15) is 23.2 Å². The first-order chi connectivity index (χ1) is 18.4. The van der Waals surface area contributed by atoms with Crippen molar-refractivity contribution in [2.75, 3.05) is 35.7 Å².